The summed E-state index contributed by atoms with van der Waals surface area (Å²) >= 11 is 0. The molecule has 0 aliphatic heterocycles. The molecule has 1 aromatic rings. The van der Waals surface area contributed by atoms with E-state index >= 15 is 0 Å². The van der Waals surface area contributed by atoms with Gasteiger partial charge in [0.15, 0.2) is 0 Å². The van der Waals surface area contributed by atoms with Crippen LogP contribution in [0.5, 0.6) is 0 Å². The third kappa shape index (κ3) is 4.46. The molecule has 0 saturated carbocycles. The summed E-state index contributed by atoms with van der Waals surface area (Å²) in [5.74, 6) is 0. The summed E-state index contributed by atoms with van der Waals surface area (Å²) < 4.78 is 0.910. The third-order valence-electron chi connectivity index (χ3n) is 3.13. The summed E-state index contributed by atoms with van der Waals surface area (Å²) in [5.41, 5.74) is 1.34. The average molecular weight is 237 g/mol. The van der Waals surface area contributed by atoms with Crippen LogP contribution in [0.2, 0.25) is 0 Å². The second kappa shape index (κ2) is 7.43. The molecule has 0 saturated heterocycles. The summed E-state index contributed by atoms with van der Waals surface area (Å²) in [6.07, 6.45) is 1.13. The van der Waals surface area contributed by atoms with E-state index < -0.39 is 0 Å². The molecule has 0 spiro atoms. The maximum atomic E-state index is 9.29. The number of rotatable bonds is 8. The minimum atomic E-state index is 0.245. The molecule has 0 amide bonds. The second-order valence-electron chi connectivity index (χ2n) is 4.67. The van der Waals surface area contributed by atoms with Crippen molar-refractivity contribution in [3.8, 4) is 0 Å². The molecule has 3 nitrogen and oxygen atoms in total. The fourth-order valence-corrected chi connectivity index (χ4v) is 2.48. The largest absolute Gasteiger partial charge is 0.391 e. The third-order valence-corrected chi connectivity index (χ3v) is 3.13. The molecular weight excluding hydrogens is 212 g/mol. The van der Waals surface area contributed by atoms with Crippen LogP contribution in [-0.2, 0) is 6.54 Å². The van der Waals surface area contributed by atoms with Gasteiger partial charge in [-0.05, 0) is 13.5 Å². The second-order valence-corrected chi connectivity index (χ2v) is 4.67. The number of nitrogens with one attached hydrogen (secondary N) is 1. The van der Waals surface area contributed by atoms with E-state index in [-0.39, 0.29) is 6.61 Å². The topological polar surface area (TPSA) is 32.3 Å². The Labute approximate surface area is 105 Å². The highest BCUT2D eigenvalue weighted by Gasteiger charge is 2.25. The smallest absolute Gasteiger partial charge is 0.132 e. The van der Waals surface area contributed by atoms with Gasteiger partial charge in [-0.1, -0.05) is 37.3 Å². The number of aliphatic hydroxyl groups excluding tert-OH is 1. The number of quaternary nitrogens is 1. The number of aliphatic hydroxyl groups is 1. The fourth-order valence-electron chi connectivity index (χ4n) is 2.48. The lowest BCUT2D eigenvalue weighted by Gasteiger charge is -2.38. The molecule has 3 heteroatoms. The van der Waals surface area contributed by atoms with Crippen LogP contribution in [0.15, 0.2) is 30.3 Å². The van der Waals surface area contributed by atoms with Crippen molar-refractivity contribution in [1.29, 1.82) is 0 Å². The van der Waals surface area contributed by atoms with Gasteiger partial charge in [-0.25, -0.2) is 0 Å². The van der Waals surface area contributed by atoms with Gasteiger partial charge in [-0.3, -0.25) is 5.32 Å². The number of hydrogen-bond donors (Lipinski definition) is 2. The quantitative estimate of drug-likeness (QED) is 0.531. The fraction of sp³-hybridized carbons (Fsp3) is 0.571. The van der Waals surface area contributed by atoms with Gasteiger partial charge >= 0.3 is 0 Å². The molecule has 1 aromatic carbocycles. The Kier molecular flexibility index (Phi) is 6.19. The van der Waals surface area contributed by atoms with Gasteiger partial charge in [-0.15, -0.1) is 0 Å². The van der Waals surface area contributed by atoms with Gasteiger partial charge in [0.2, 0.25) is 0 Å². The molecular formula is C14H25N2O+. The lowest BCUT2D eigenvalue weighted by Crippen LogP contribution is -2.53. The molecule has 96 valence electrons. The minimum Gasteiger partial charge on any atom is -0.391 e. The molecule has 1 rings (SSSR count). The first-order chi connectivity index (χ1) is 8.26. The molecule has 0 aromatic heterocycles. The molecule has 0 aliphatic rings. The first kappa shape index (κ1) is 14.2. The minimum absolute atomic E-state index is 0.245. The van der Waals surface area contributed by atoms with Crippen LogP contribution >= 0.6 is 0 Å². The summed E-state index contributed by atoms with van der Waals surface area (Å²) in [7, 11) is 1.98. The number of nitrogens with zero attached hydrogens (tertiary/aromatic N) is 1. The van der Waals surface area contributed by atoms with Crippen LogP contribution in [0.4, 0.5) is 0 Å². The molecule has 0 radical (unpaired) electrons. The van der Waals surface area contributed by atoms with Crippen molar-refractivity contribution in [2.75, 3.05) is 33.4 Å². The van der Waals surface area contributed by atoms with E-state index in [1.165, 1.54) is 5.56 Å². The molecule has 0 bridgehead atoms. The van der Waals surface area contributed by atoms with E-state index in [1.54, 1.807) is 0 Å². The molecule has 2 N–H and O–H groups in total. The zero-order valence-corrected chi connectivity index (χ0v) is 11.0. The Morgan fingerprint density at radius 1 is 1.18 bits per heavy atom. The molecule has 0 aliphatic carbocycles. The number of hydrogen-bond acceptors (Lipinski definition) is 2. The summed E-state index contributed by atoms with van der Waals surface area (Å²) in [6, 6.07) is 10.5. The van der Waals surface area contributed by atoms with E-state index in [0.29, 0.717) is 0 Å². The predicted molar refractivity (Wildman–Crippen MR) is 71.4 cm³/mol. The van der Waals surface area contributed by atoms with Crippen molar-refractivity contribution in [2.45, 2.75) is 19.9 Å². The summed E-state index contributed by atoms with van der Waals surface area (Å²) in [4.78, 5) is 0. The van der Waals surface area contributed by atoms with Crippen molar-refractivity contribution in [3.63, 3.8) is 0 Å². The highest BCUT2D eigenvalue weighted by molar-refractivity contribution is 5.13. The predicted octanol–water partition coefficient (Wildman–Crippen LogP) is 1.58. The Morgan fingerprint density at radius 3 is 2.41 bits per heavy atom. The van der Waals surface area contributed by atoms with Gasteiger partial charge < -0.3 is 9.59 Å². The van der Waals surface area contributed by atoms with Gasteiger partial charge in [0.1, 0.15) is 19.8 Å². The van der Waals surface area contributed by atoms with E-state index in [2.05, 4.69) is 36.5 Å². The monoisotopic (exact) mass is 237 g/mol. The van der Waals surface area contributed by atoms with Crippen LogP contribution in [0.3, 0.4) is 0 Å². The maximum Gasteiger partial charge on any atom is 0.132 e. The van der Waals surface area contributed by atoms with Crippen molar-refractivity contribution in [1.82, 2.24) is 5.32 Å². The molecule has 0 heterocycles. The Bertz CT molecular complexity index is 283. The van der Waals surface area contributed by atoms with Gasteiger partial charge in [0.05, 0.1) is 13.2 Å². The van der Waals surface area contributed by atoms with E-state index in [9.17, 15) is 5.11 Å². The van der Waals surface area contributed by atoms with Crippen molar-refractivity contribution < 1.29 is 9.59 Å². The van der Waals surface area contributed by atoms with E-state index in [1.807, 2.05) is 13.1 Å². The van der Waals surface area contributed by atoms with Crippen molar-refractivity contribution in [3.05, 3.63) is 35.9 Å². The lowest BCUT2D eigenvalue weighted by molar-refractivity contribution is -0.943. The van der Waals surface area contributed by atoms with E-state index in [0.717, 1.165) is 37.2 Å². The Morgan fingerprint density at radius 2 is 1.88 bits per heavy atom. The van der Waals surface area contributed by atoms with Gasteiger partial charge in [0, 0.05) is 5.56 Å². The summed E-state index contributed by atoms with van der Waals surface area (Å²) in [5, 5.41) is 12.5. The first-order valence-electron chi connectivity index (χ1n) is 6.41. The van der Waals surface area contributed by atoms with E-state index in [4.69, 9.17) is 0 Å². The maximum absolute atomic E-state index is 9.29. The number of benzene rings is 1. The van der Waals surface area contributed by atoms with Crippen LogP contribution in [0.1, 0.15) is 18.9 Å². The Balaban J connectivity index is 2.80. The Hall–Kier alpha value is -0.900. The van der Waals surface area contributed by atoms with Gasteiger partial charge in [0.25, 0.3) is 0 Å². The zero-order chi connectivity index (χ0) is 12.6. The van der Waals surface area contributed by atoms with Crippen LogP contribution in [-0.4, -0.2) is 43.0 Å². The first-order valence-corrected chi connectivity index (χ1v) is 6.41. The lowest BCUT2D eigenvalue weighted by atomic mass is 10.1. The van der Waals surface area contributed by atoms with Crippen molar-refractivity contribution >= 4 is 0 Å². The zero-order valence-electron chi connectivity index (χ0n) is 11.0. The SMILES string of the molecule is CCC[N+](CCO)(CNC)Cc1ccccc1. The highest BCUT2D eigenvalue weighted by Crippen LogP contribution is 2.14. The molecule has 1 atom stereocenters. The van der Waals surface area contributed by atoms with Crippen LogP contribution in [0.25, 0.3) is 0 Å². The van der Waals surface area contributed by atoms with Gasteiger partial charge in [-0.2, -0.15) is 0 Å². The molecule has 17 heavy (non-hydrogen) atoms. The normalized spacial score (nSPS) is 14.5. The summed E-state index contributed by atoms with van der Waals surface area (Å²) in [6.45, 7) is 6.23. The van der Waals surface area contributed by atoms with Crippen LogP contribution in [0, 0.1) is 0 Å². The highest BCUT2D eigenvalue weighted by atomic mass is 16.3. The molecule has 1 unspecified atom stereocenters. The molecule has 0 fully saturated rings. The van der Waals surface area contributed by atoms with Crippen molar-refractivity contribution in [2.24, 2.45) is 0 Å². The standard InChI is InChI=1S/C14H25N2O/c1-3-9-16(10-11-17,13-15-2)12-14-7-5-4-6-8-14/h4-8,15,17H,3,9-13H2,1-2H3/q+1. The van der Waals surface area contributed by atoms with Crippen LogP contribution < -0.4 is 5.32 Å². The average Bonchev–Trinajstić information content (AvgIpc) is 2.31.